The molecule has 2 rings (SSSR count). The average Bonchev–Trinajstić information content (AvgIpc) is 2.80. The molecule has 0 amide bonds. The second-order valence-corrected chi connectivity index (χ2v) is 5.79. The van der Waals surface area contributed by atoms with E-state index in [1.54, 1.807) is 11.8 Å². The van der Waals surface area contributed by atoms with E-state index in [4.69, 9.17) is 10.3 Å². The van der Waals surface area contributed by atoms with Crippen LogP contribution in [-0.2, 0) is 5.75 Å². The number of hydrogen-bond donors (Lipinski definition) is 1. The van der Waals surface area contributed by atoms with Gasteiger partial charge in [-0.05, 0) is 11.3 Å². The van der Waals surface area contributed by atoms with Gasteiger partial charge in [-0.1, -0.05) is 19.0 Å². The predicted octanol–water partition coefficient (Wildman–Crippen LogP) is 3.24. The Morgan fingerprint density at radius 2 is 2.05 bits per heavy atom. The number of thioether (sulfide) groups is 1. The van der Waals surface area contributed by atoms with Crippen molar-refractivity contribution < 1.29 is 13.3 Å². The number of halogens is 2. The minimum absolute atomic E-state index is 0.00329. The van der Waals surface area contributed by atoms with E-state index >= 15 is 0 Å². The average molecular weight is 285 g/mol. The molecular formula is C12H13F2N3OS. The summed E-state index contributed by atoms with van der Waals surface area (Å²) in [7, 11) is 0. The number of hydrogen-bond acceptors (Lipinski definition) is 5. The number of rotatable bonds is 4. The van der Waals surface area contributed by atoms with Crippen molar-refractivity contribution in [2.24, 2.45) is 0 Å². The molecule has 0 aliphatic rings. The van der Waals surface area contributed by atoms with Gasteiger partial charge in [0.1, 0.15) is 11.6 Å². The molecule has 0 fully saturated rings. The van der Waals surface area contributed by atoms with E-state index in [9.17, 15) is 8.78 Å². The minimum atomic E-state index is -0.809. The summed E-state index contributed by atoms with van der Waals surface area (Å²) in [5, 5.41) is 4.18. The van der Waals surface area contributed by atoms with Crippen LogP contribution in [0.25, 0.3) is 11.5 Å². The lowest BCUT2D eigenvalue weighted by molar-refractivity contribution is 0.422. The van der Waals surface area contributed by atoms with E-state index in [1.165, 1.54) is 0 Å². The topological polar surface area (TPSA) is 64.9 Å². The van der Waals surface area contributed by atoms with Gasteiger partial charge in [-0.25, -0.2) is 8.78 Å². The first-order valence-electron chi connectivity index (χ1n) is 5.66. The van der Waals surface area contributed by atoms with Crippen molar-refractivity contribution in [3.05, 3.63) is 29.6 Å². The third-order valence-corrected chi connectivity index (χ3v) is 3.42. The van der Waals surface area contributed by atoms with Crippen LogP contribution in [0.15, 0.2) is 16.7 Å². The summed E-state index contributed by atoms with van der Waals surface area (Å²) in [6.07, 6.45) is 0. The Bertz CT molecular complexity index is 586. The molecule has 0 unspecified atom stereocenters. The fourth-order valence-corrected chi connectivity index (χ4v) is 1.99. The molecule has 0 atom stereocenters. The molecule has 1 aromatic carbocycles. The molecule has 102 valence electrons. The first kappa shape index (κ1) is 13.8. The molecule has 2 aromatic rings. The van der Waals surface area contributed by atoms with Crippen LogP contribution in [0, 0.1) is 11.6 Å². The molecular weight excluding hydrogens is 272 g/mol. The van der Waals surface area contributed by atoms with Gasteiger partial charge in [0.15, 0.2) is 5.82 Å². The van der Waals surface area contributed by atoms with E-state index in [0.29, 0.717) is 22.9 Å². The molecule has 4 nitrogen and oxygen atoms in total. The van der Waals surface area contributed by atoms with Crippen LogP contribution in [0.3, 0.4) is 0 Å². The number of benzene rings is 1. The minimum Gasteiger partial charge on any atom is -0.396 e. The largest absolute Gasteiger partial charge is 0.396 e. The molecule has 2 N–H and O–H groups in total. The first-order chi connectivity index (χ1) is 8.97. The molecule has 19 heavy (non-hydrogen) atoms. The predicted molar refractivity (Wildman–Crippen MR) is 70.5 cm³/mol. The van der Waals surface area contributed by atoms with Crippen LogP contribution in [0.2, 0.25) is 0 Å². The van der Waals surface area contributed by atoms with Crippen LogP contribution >= 0.6 is 11.8 Å². The van der Waals surface area contributed by atoms with Gasteiger partial charge in [0, 0.05) is 6.07 Å². The summed E-state index contributed by atoms with van der Waals surface area (Å²) in [4.78, 5) is 4.07. The molecule has 0 saturated carbocycles. The lowest BCUT2D eigenvalue weighted by Crippen LogP contribution is -1.95. The van der Waals surface area contributed by atoms with Gasteiger partial charge in [-0.3, -0.25) is 0 Å². The number of aromatic nitrogens is 2. The Balaban J connectivity index is 2.25. The van der Waals surface area contributed by atoms with Gasteiger partial charge in [0.05, 0.1) is 17.0 Å². The maximum Gasteiger partial charge on any atom is 0.261 e. The zero-order valence-corrected chi connectivity index (χ0v) is 11.3. The fourth-order valence-electron chi connectivity index (χ4n) is 1.39. The van der Waals surface area contributed by atoms with Crippen LogP contribution in [0.1, 0.15) is 19.7 Å². The molecule has 1 aromatic heterocycles. The van der Waals surface area contributed by atoms with E-state index in [2.05, 4.69) is 10.1 Å². The summed E-state index contributed by atoms with van der Waals surface area (Å²) in [6, 6.07) is 1.86. The van der Waals surface area contributed by atoms with E-state index < -0.39 is 11.6 Å². The molecule has 7 heteroatoms. The van der Waals surface area contributed by atoms with Gasteiger partial charge in [0.25, 0.3) is 5.89 Å². The van der Waals surface area contributed by atoms with Crippen molar-refractivity contribution in [2.75, 3.05) is 5.73 Å². The van der Waals surface area contributed by atoms with Crippen molar-refractivity contribution in [3.63, 3.8) is 0 Å². The highest BCUT2D eigenvalue weighted by molar-refractivity contribution is 7.99. The second kappa shape index (κ2) is 5.56. The smallest absolute Gasteiger partial charge is 0.261 e. The standard InChI is InChI=1S/C12H13F2N3OS/c1-6(2)19-5-11-16-12(18-17-11)7-3-10(15)9(14)4-8(7)13/h3-4,6H,5,15H2,1-2H3. The monoisotopic (exact) mass is 285 g/mol. The van der Waals surface area contributed by atoms with Gasteiger partial charge in [-0.2, -0.15) is 16.7 Å². The summed E-state index contributed by atoms with van der Waals surface area (Å²) in [5.41, 5.74) is 5.24. The highest BCUT2D eigenvalue weighted by Crippen LogP contribution is 2.26. The van der Waals surface area contributed by atoms with Crippen LogP contribution in [-0.4, -0.2) is 15.4 Å². The quantitative estimate of drug-likeness (QED) is 0.874. The van der Waals surface area contributed by atoms with Crippen molar-refractivity contribution in [1.29, 1.82) is 0 Å². The van der Waals surface area contributed by atoms with Crippen LogP contribution < -0.4 is 5.73 Å². The van der Waals surface area contributed by atoms with E-state index in [1.807, 2.05) is 13.8 Å². The zero-order valence-electron chi connectivity index (χ0n) is 10.5. The third kappa shape index (κ3) is 3.23. The fraction of sp³-hybridized carbons (Fsp3) is 0.333. The number of nitrogens with two attached hydrogens (primary N) is 1. The zero-order chi connectivity index (χ0) is 14.0. The lowest BCUT2D eigenvalue weighted by Gasteiger charge is -2.01. The normalized spacial score (nSPS) is 11.2. The third-order valence-electron chi connectivity index (χ3n) is 2.33. The summed E-state index contributed by atoms with van der Waals surface area (Å²) in [6.45, 7) is 4.10. The summed E-state index contributed by atoms with van der Waals surface area (Å²) >= 11 is 1.64. The van der Waals surface area contributed by atoms with Crippen molar-refractivity contribution in [1.82, 2.24) is 10.1 Å². The van der Waals surface area contributed by atoms with Gasteiger partial charge in [-0.15, -0.1) is 0 Å². The Labute approximate surface area is 113 Å². The Morgan fingerprint density at radius 3 is 2.74 bits per heavy atom. The molecule has 1 heterocycles. The first-order valence-corrected chi connectivity index (χ1v) is 6.71. The van der Waals surface area contributed by atoms with Crippen molar-refractivity contribution in [3.8, 4) is 11.5 Å². The van der Waals surface area contributed by atoms with Gasteiger partial charge < -0.3 is 10.3 Å². The molecule has 0 bridgehead atoms. The molecule has 0 aliphatic carbocycles. The Morgan fingerprint density at radius 1 is 1.32 bits per heavy atom. The van der Waals surface area contributed by atoms with Gasteiger partial charge >= 0.3 is 0 Å². The number of anilines is 1. The summed E-state index contributed by atoms with van der Waals surface area (Å²) in [5.74, 6) is -0.547. The molecule has 0 spiro atoms. The van der Waals surface area contributed by atoms with Crippen molar-refractivity contribution in [2.45, 2.75) is 24.9 Å². The molecule has 0 saturated heterocycles. The van der Waals surface area contributed by atoms with Gasteiger partial charge in [0.2, 0.25) is 0 Å². The number of nitrogen functional groups attached to an aromatic ring is 1. The second-order valence-electron chi connectivity index (χ2n) is 4.23. The van der Waals surface area contributed by atoms with Crippen LogP contribution in [0.5, 0.6) is 0 Å². The highest BCUT2D eigenvalue weighted by Gasteiger charge is 2.16. The molecule has 0 radical (unpaired) electrons. The maximum atomic E-state index is 13.6. The summed E-state index contributed by atoms with van der Waals surface area (Å²) < 4.78 is 31.6. The SMILES string of the molecule is CC(C)SCc1noc(-c2cc(N)c(F)cc2F)n1. The molecule has 0 aliphatic heterocycles. The van der Waals surface area contributed by atoms with E-state index in [0.717, 1.165) is 6.07 Å². The highest BCUT2D eigenvalue weighted by atomic mass is 32.2. The van der Waals surface area contributed by atoms with Crippen molar-refractivity contribution >= 4 is 17.4 Å². The number of nitrogens with zero attached hydrogens (tertiary/aromatic N) is 2. The maximum absolute atomic E-state index is 13.6. The van der Waals surface area contributed by atoms with E-state index in [-0.39, 0.29) is 17.1 Å². The van der Waals surface area contributed by atoms with Crippen LogP contribution in [0.4, 0.5) is 14.5 Å². The lowest BCUT2D eigenvalue weighted by atomic mass is 10.2. The Kier molecular flexibility index (Phi) is 4.04. The Hall–Kier alpha value is -1.63.